The van der Waals surface area contributed by atoms with Crippen LogP contribution in [0.5, 0.6) is 11.5 Å². The Morgan fingerprint density at radius 1 is 0.871 bits per heavy atom. The van der Waals surface area contributed by atoms with E-state index in [0.717, 1.165) is 44.9 Å². The van der Waals surface area contributed by atoms with Crippen molar-refractivity contribution in [2.24, 2.45) is 0 Å². The number of benzene rings is 1. The van der Waals surface area contributed by atoms with Gasteiger partial charge < -0.3 is 14.6 Å². The molecular weight excluding hydrogens is 388 g/mol. The second-order valence-corrected chi connectivity index (χ2v) is 7.92. The van der Waals surface area contributed by atoms with Gasteiger partial charge in [0.05, 0.1) is 0 Å². The highest BCUT2D eigenvalue weighted by Gasteiger charge is 2.14. The van der Waals surface area contributed by atoms with E-state index in [-0.39, 0.29) is 27.9 Å². The van der Waals surface area contributed by atoms with E-state index in [2.05, 4.69) is 43.4 Å². The maximum absolute atomic E-state index is 12.3. The van der Waals surface area contributed by atoms with Crippen LogP contribution in [0.3, 0.4) is 0 Å². The number of phenols is 2. The van der Waals surface area contributed by atoms with E-state index in [1.165, 1.54) is 25.0 Å². The zero-order valence-corrected chi connectivity index (χ0v) is 18.9. The monoisotopic (exact) mass is 424 g/mol. The molecule has 0 amide bonds. The number of rotatable bonds is 13. The van der Waals surface area contributed by atoms with Crippen molar-refractivity contribution >= 4 is 11.0 Å². The van der Waals surface area contributed by atoms with Crippen molar-refractivity contribution < 1.29 is 14.6 Å². The number of allylic oxidation sites excluding steroid dienone is 6. The molecule has 0 fully saturated rings. The number of aromatic hydroxyl groups is 2. The first kappa shape index (κ1) is 24.5. The van der Waals surface area contributed by atoms with Crippen LogP contribution in [0.4, 0.5) is 0 Å². The maximum atomic E-state index is 12.3. The zero-order valence-electron chi connectivity index (χ0n) is 18.9. The summed E-state index contributed by atoms with van der Waals surface area (Å²) in [5.74, 6) is 0.324. The molecule has 4 nitrogen and oxygen atoms in total. The molecule has 2 aromatic rings. The number of hydrogen-bond acceptors (Lipinski definition) is 4. The quantitative estimate of drug-likeness (QED) is 0.262. The van der Waals surface area contributed by atoms with Gasteiger partial charge in [0.1, 0.15) is 28.2 Å². The second kappa shape index (κ2) is 13.5. The van der Waals surface area contributed by atoms with E-state index in [1.54, 1.807) is 6.92 Å². The largest absolute Gasteiger partial charge is 0.507 e. The molecule has 1 aromatic carbocycles. The Kier molecular flexibility index (Phi) is 10.7. The molecule has 2 rings (SSSR count). The van der Waals surface area contributed by atoms with Gasteiger partial charge in [-0.25, -0.2) is 0 Å². The summed E-state index contributed by atoms with van der Waals surface area (Å²) in [4.78, 5) is 12.3. The van der Waals surface area contributed by atoms with Gasteiger partial charge in [-0.2, -0.15) is 0 Å². The average molecular weight is 425 g/mol. The molecule has 0 saturated heterocycles. The van der Waals surface area contributed by atoms with Crippen LogP contribution in [-0.4, -0.2) is 10.2 Å². The standard InChI is InChI=1S/C27H36O4/c1-3-4-5-6-7-8-9-10-11-12-13-14-15-16-17-18-22-19-24(29)26-25(31-22)20-23(28)21(2)27(26)30/h4-5,7-8,10-11,19-20,28,30H,3,6,9,12-18H2,1-2H3/b5-4-,8-7-,11-10-. The minimum atomic E-state index is -0.268. The molecule has 0 saturated carbocycles. The van der Waals surface area contributed by atoms with E-state index in [0.29, 0.717) is 17.7 Å². The van der Waals surface area contributed by atoms with Gasteiger partial charge >= 0.3 is 0 Å². The Balaban J connectivity index is 1.63. The normalized spacial score (nSPS) is 12.2. The van der Waals surface area contributed by atoms with Gasteiger partial charge in [-0.15, -0.1) is 0 Å². The SMILES string of the molecule is CC/C=C\C/C=C\C/C=C\CCCCCCCc1cc(=O)c2c(O)c(C)c(O)cc2o1. The van der Waals surface area contributed by atoms with E-state index in [4.69, 9.17) is 4.42 Å². The van der Waals surface area contributed by atoms with Crippen LogP contribution in [0.1, 0.15) is 76.0 Å². The van der Waals surface area contributed by atoms with Crippen LogP contribution < -0.4 is 5.43 Å². The Hall–Kier alpha value is -2.75. The number of aryl methyl sites for hydroxylation is 1. The van der Waals surface area contributed by atoms with Crippen LogP contribution in [0, 0.1) is 6.92 Å². The highest BCUT2D eigenvalue weighted by molar-refractivity contribution is 5.86. The molecule has 1 heterocycles. The molecule has 4 heteroatoms. The topological polar surface area (TPSA) is 70.7 Å². The van der Waals surface area contributed by atoms with Crippen molar-refractivity contribution in [3.8, 4) is 11.5 Å². The Morgan fingerprint density at radius 3 is 2.26 bits per heavy atom. The van der Waals surface area contributed by atoms with Gasteiger partial charge in [0, 0.05) is 24.1 Å². The number of fused-ring (bicyclic) bond motifs is 1. The summed E-state index contributed by atoms with van der Waals surface area (Å²) in [5, 5.41) is 20.1. The molecular formula is C27H36O4. The maximum Gasteiger partial charge on any atom is 0.196 e. The number of phenolic OH excluding ortho intramolecular Hbond substituents is 2. The first-order valence-corrected chi connectivity index (χ1v) is 11.5. The molecule has 0 atom stereocenters. The summed E-state index contributed by atoms with van der Waals surface area (Å²) in [6.07, 6.45) is 23.8. The molecule has 1 aromatic heterocycles. The highest BCUT2D eigenvalue weighted by Crippen LogP contribution is 2.33. The lowest BCUT2D eigenvalue weighted by Gasteiger charge is -2.07. The van der Waals surface area contributed by atoms with Gasteiger partial charge in [-0.05, 0) is 45.4 Å². The molecule has 2 N–H and O–H groups in total. The van der Waals surface area contributed by atoms with E-state index in [1.807, 2.05) is 0 Å². The van der Waals surface area contributed by atoms with Crippen LogP contribution in [0.2, 0.25) is 0 Å². The minimum absolute atomic E-state index is 0.0699. The first-order chi connectivity index (χ1) is 15.0. The highest BCUT2D eigenvalue weighted by atomic mass is 16.3. The zero-order chi connectivity index (χ0) is 22.5. The average Bonchev–Trinajstić information content (AvgIpc) is 2.74. The Labute approximate surface area is 185 Å². The van der Waals surface area contributed by atoms with E-state index in [9.17, 15) is 15.0 Å². The molecule has 0 bridgehead atoms. The Morgan fingerprint density at radius 2 is 1.52 bits per heavy atom. The van der Waals surface area contributed by atoms with Gasteiger partial charge in [-0.1, -0.05) is 62.6 Å². The van der Waals surface area contributed by atoms with Crippen molar-refractivity contribution in [3.05, 3.63) is 70.1 Å². The van der Waals surface area contributed by atoms with Gasteiger partial charge in [0.2, 0.25) is 0 Å². The molecule has 0 unspecified atom stereocenters. The van der Waals surface area contributed by atoms with Crippen LogP contribution in [-0.2, 0) is 6.42 Å². The summed E-state index contributed by atoms with van der Waals surface area (Å²) >= 11 is 0. The van der Waals surface area contributed by atoms with Gasteiger partial charge in [-0.3, -0.25) is 4.79 Å². The first-order valence-electron chi connectivity index (χ1n) is 11.5. The molecule has 0 aliphatic carbocycles. The molecule has 0 aliphatic rings. The summed E-state index contributed by atoms with van der Waals surface area (Å²) < 4.78 is 5.74. The summed E-state index contributed by atoms with van der Waals surface area (Å²) in [5.41, 5.74) is 0.261. The lowest BCUT2D eigenvalue weighted by atomic mass is 10.1. The molecule has 31 heavy (non-hydrogen) atoms. The van der Waals surface area contributed by atoms with E-state index < -0.39 is 0 Å². The molecule has 168 valence electrons. The lowest BCUT2D eigenvalue weighted by Crippen LogP contribution is -2.03. The molecule has 0 radical (unpaired) electrons. The fourth-order valence-corrected chi connectivity index (χ4v) is 3.48. The fraction of sp³-hybridized carbons (Fsp3) is 0.444. The summed E-state index contributed by atoms with van der Waals surface area (Å²) in [6.45, 7) is 3.71. The summed E-state index contributed by atoms with van der Waals surface area (Å²) in [7, 11) is 0. The van der Waals surface area contributed by atoms with Crippen molar-refractivity contribution in [2.45, 2.75) is 78.1 Å². The van der Waals surface area contributed by atoms with Crippen molar-refractivity contribution in [2.75, 3.05) is 0 Å². The number of unbranched alkanes of at least 4 members (excludes halogenated alkanes) is 5. The summed E-state index contributed by atoms with van der Waals surface area (Å²) in [6, 6.07) is 2.86. The molecule has 0 aliphatic heterocycles. The van der Waals surface area contributed by atoms with Crippen molar-refractivity contribution in [1.29, 1.82) is 0 Å². The minimum Gasteiger partial charge on any atom is -0.507 e. The van der Waals surface area contributed by atoms with Crippen molar-refractivity contribution in [1.82, 2.24) is 0 Å². The number of hydrogen-bond donors (Lipinski definition) is 2. The fourth-order valence-electron chi connectivity index (χ4n) is 3.48. The van der Waals surface area contributed by atoms with Gasteiger partial charge in [0.15, 0.2) is 5.43 Å². The van der Waals surface area contributed by atoms with E-state index >= 15 is 0 Å². The van der Waals surface area contributed by atoms with Gasteiger partial charge in [0.25, 0.3) is 0 Å². The van der Waals surface area contributed by atoms with Crippen LogP contribution in [0.15, 0.2) is 57.8 Å². The third-order valence-corrected chi connectivity index (χ3v) is 5.34. The third kappa shape index (κ3) is 8.12. The van der Waals surface area contributed by atoms with Crippen LogP contribution >= 0.6 is 0 Å². The van der Waals surface area contributed by atoms with Crippen LogP contribution in [0.25, 0.3) is 11.0 Å². The third-order valence-electron chi connectivity index (χ3n) is 5.34. The predicted molar refractivity (Wildman–Crippen MR) is 129 cm³/mol. The lowest BCUT2D eigenvalue weighted by molar-refractivity contribution is 0.442. The van der Waals surface area contributed by atoms with Crippen molar-refractivity contribution in [3.63, 3.8) is 0 Å². The molecule has 0 spiro atoms. The Bertz CT molecular complexity index is 963. The smallest absolute Gasteiger partial charge is 0.196 e. The predicted octanol–water partition coefficient (Wildman–Crippen LogP) is 7.25. The second-order valence-electron chi connectivity index (χ2n) is 7.92.